The highest BCUT2D eigenvalue weighted by Gasteiger charge is 2.31. The Kier molecular flexibility index (Phi) is 9.32. The fourth-order valence-corrected chi connectivity index (χ4v) is 5.81. The molecule has 2 aliphatic heterocycles. The summed E-state index contributed by atoms with van der Waals surface area (Å²) in [6.45, 7) is 14.0. The first-order valence-electron chi connectivity index (χ1n) is 12.1. The Morgan fingerprint density at radius 2 is 1.62 bits per heavy atom. The first-order chi connectivity index (χ1) is 16.2. The van der Waals surface area contributed by atoms with E-state index in [0.717, 1.165) is 43.8 Å². The van der Waals surface area contributed by atoms with E-state index in [1.165, 1.54) is 0 Å². The van der Waals surface area contributed by atoms with E-state index in [1.807, 2.05) is 0 Å². The van der Waals surface area contributed by atoms with Gasteiger partial charge in [0.05, 0.1) is 31.0 Å². The van der Waals surface area contributed by atoms with Gasteiger partial charge in [-0.05, 0) is 58.9 Å². The van der Waals surface area contributed by atoms with Crippen molar-refractivity contribution in [3.63, 3.8) is 0 Å². The van der Waals surface area contributed by atoms with Gasteiger partial charge in [-0.25, -0.2) is 14.4 Å². The van der Waals surface area contributed by atoms with Crippen molar-refractivity contribution < 1.29 is 28.6 Å². The standard InChI is InChI=1S/C24H37N3O6S/c1-6-31-22(28)19-17(5)20(23(29)32-7-2)34-21(19)25-24(30)27-10-8-18(9-11-27)14-26-12-15(3)33-16(4)13-26/h15-16,18H,6-14H2,1-5H3,(H,25,30)/t15-,16+. The summed E-state index contributed by atoms with van der Waals surface area (Å²) in [7, 11) is 0. The van der Waals surface area contributed by atoms with E-state index < -0.39 is 11.9 Å². The summed E-state index contributed by atoms with van der Waals surface area (Å²) in [5.41, 5.74) is 0.679. The SMILES string of the molecule is CCOC(=O)c1sc(NC(=O)N2CCC(CN3C[C@@H](C)O[C@@H](C)C3)CC2)c(C(=O)OCC)c1C. The number of anilines is 1. The van der Waals surface area contributed by atoms with Crippen molar-refractivity contribution in [2.24, 2.45) is 5.92 Å². The smallest absolute Gasteiger partial charge is 0.348 e. The number of piperidine rings is 1. The molecule has 2 atom stereocenters. The van der Waals surface area contributed by atoms with E-state index in [1.54, 1.807) is 25.7 Å². The molecule has 0 radical (unpaired) electrons. The quantitative estimate of drug-likeness (QED) is 0.575. The van der Waals surface area contributed by atoms with Gasteiger partial charge in [-0.15, -0.1) is 11.3 Å². The van der Waals surface area contributed by atoms with Crippen LogP contribution in [0.4, 0.5) is 9.80 Å². The molecule has 9 nitrogen and oxygen atoms in total. The Morgan fingerprint density at radius 3 is 2.21 bits per heavy atom. The van der Waals surface area contributed by atoms with Crippen LogP contribution in [-0.2, 0) is 14.2 Å². The topological polar surface area (TPSA) is 97.4 Å². The number of urea groups is 1. The average Bonchev–Trinajstić information content (AvgIpc) is 3.09. The van der Waals surface area contributed by atoms with E-state index in [9.17, 15) is 14.4 Å². The maximum atomic E-state index is 13.0. The third kappa shape index (κ3) is 6.49. The number of hydrogen-bond acceptors (Lipinski definition) is 8. The maximum absolute atomic E-state index is 13.0. The minimum Gasteiger partial charge on any atom is -0.462 e. The van der Waals surface area contributed by atoms with Crippen molar-refractivity contribution in [1.82, 2.24) is 9.80 Å². The second-order valence-corrected chi connectivity index (χ2v) is 10.1. The zero-order valence-corrected chi connectivity index (χ0v) is 21.7. The van der Waals surface area contributed by atoms with Gasteiger partial charge >= 0.3 is 18.0 Å². The minimum atomic E-state index is -0.560. The highest BCUT2D eigenvalue weighted by Crippen LogP contribution is 2.35. The van der Waals surface area contributed by atoms with Crippen LogP contribution in [0.15, 0.2) is 0 Å². The molecule has 2 amide bonds. The number of ether oxygens (including phenoxy) is 3. The van der Waals surface area contributed by atoms with Crippen LogP contribution in [0.2, 0.25) is 0 Å². The van der Waals surface area contributed by atoms with Crippen molar-refractivity contribution >= 4 is 34.3 Å². The Balaban J connectivity index is 1.62. The van der Waals surface area contributed by atoms with Crippen molar-refractivity contribution in [2.75, 3.05) is 51.3 Å². The van der Waals surface area contributed by atoms with Crippen LogP contribution >= 0.6 is 11.3 Å². The zero-order chi connectivity index (χ0) is 24.8. The molecule has 190 valence electrons. The van der Waals surface area contributed by atoms with Gasteiger partial charge in [-0.1, -0.05) is 0 Å². The maximum Gasteiger partial charge on any atom is 0.348 e. The molecule has 3 heterocycles. The van der Waals surface area contributed by atoms with E-state index in [0.29, 0.717) is 34.4 Å². The van der Waals surface area contributed by atoms with Gasteiger partial charge in [0.1, 0.15) is 9.88 Å². The lowest BCUT2D eigenvalue weighted by molar-refractivity contribution is -0.0728. The Morgan fingerprint density at radius 1 is 1.03 bits per heavy atom. The number of likely N-dealkylation sites (tertiary alicyclic amines) is 1. The number of nitrogens with zero attached hydrogens (tertiary/aromatic N) is 2. The van der Waals surface area contributed by atoms with Crippen LogP contribution in [0.1, 0.15) is 66.1 Å². The Labute approximate surface area is 205 Å². The van der Waals surface area contributed by atoms with Crippen LogP contribution in [0, 0.1) is 12.8 Å². The van der Waals surface area contributed by atoms with E-state index in [4.69, 9.17) is 14.2 Å². The van der Waals surface area contributed by atoms with Crippen LogP contribution < -0.4 is 5.32 Å². The lowest BCUT2D eigenvalue weighted by Crippen LogP contribution is -2.49. The number of morpholine rings is 1. The van der Waals surface area contributed by atoms with Crippen molar-refractivity contribution in [3.05, 3.63) is 16.0 Å². The van der Waals surface area contributed by atoms with Crippen LogP contribution in [-0.4, -0.2) is 85.9 Å². The Hall–Kier alpha value is -2.17. The number of carbonyl (C=O) groups is 3. The van der Waals surface area contributed by atoms with E-state index in [-0.39, 0.29) is 37.0 Å². The molecule has 10 heteroatoms. The van der Waals surface area contributed by atoms with Crippen LogP contribution in [0.25, 0.3) is 0 Å². The highest BCUT2D eigenvalue weighted by molar-refractivity contribution is 7.18. The molecule has 0 aromatic carbocycles. The largest absolute Gasteiger partial charge is 0.462 e. The molecule has 1 aromatic rings. The molecule has 2 saturated heterocycles. The molecular weight excluding hydrogens is 458 g/mol. The zero-order valence-electron chi connectivity index (χ0n) is 20.8. The molecule has 0 spiro atoms. The first kappa shape index (κ1) is 26.4. The van der Waals surface area contributed by atoms with Gasteiger partial charge < -0.3 is 19.1 Å². The number of rotatable bonds is 7. The summed E-state index contributed by atoms with van der Waals surface area (Å²) < 4.78 is 16.1. The van der Waals surface area contributed by atoms with Gasteiger partial charge in [-0.2, -0.15) is 0 Å². The molecule has 3 rings (SSSR count). The molecule has 34 heavy (non-hydrogen) atoms. The van der Waals surface area contributed by atoms with Gasteiger partial charge in [0.15, 0.2) is 0 Å². The van der Waals surface area contributed by atoms with Crippen molar-refractivity contribution in [3.8, 4) is 0 Å². The lowest BCUT2D eigenvalue weighted by atomic mass is 9.96. The lowest BCUT2D eigenvalue weighted by Gasteiger charge is -2.39. The van der Waals surface area contributed by atoms with Crippen LogP contribution in [0.5, 0.6) is 0 Å². The normalized spacial score (nSPS) is 21.9. The van der Waals surface area contributed by atoms with Crippen molar-refractivity contribution in [2.45, 2.75) is 59.7 Å². The van der Waals surface area contributed by atoms with E-state index >= 15 is 0 Å². The molecular formula is C24H37N3O6S. The summed E-state index contributed by atoms with van der Waals surface area (Å²) >= 11 is 1.05. The second-order valence-electron chi connectivity index (χ2n) is 9.04. The van der Waals surface area contributed by atoms with Crippen molar-refractivity contribution in [1.29, 1.82) is 0 Å². The summed E-state index contributed by atoms with van der Waals surface area (Å²) in [6.07, 6.45) is 2.35. The molecule has 2 fully saturated rings. The predicted octanol–water partition coefficient (Wildman–Crippen LogP) is 3.76. The monoisotopic (exact) mass is 495 g/mol. The fourth-order valence-electron chi connectivity index (χ4n) is 4.74. The molecule has 0 unspecified atom stereocenters. The third-order valence-electron chi connectivity index (χ3n) is 6.22. The predicted molar refractivity (Wildman–Crippen MR) is 131 cm³/mol. The number of thiophene rings is 1. The van der Waals surface area contributed by atoms with Gasteiger partial charge in [0, 0.05) is 32.7 Å². The Bertz CT molecular complexity index is 870. The third-order valence-corrected chi connectivity index (χ3v) is 7.41. The van der Waals surface area contributed by atoms with Crippen LogP contribution in [0.3, 0.4) is 0 Å². The summed E-state index contributed by atoms with van der Waals surface area (Å²) in [4.78, 5) is 42.5. The van der Waals surface area contributed by atoms with E-state index in [2.05, 4.69) is 24.1 Å². The molecule has 0 saturated carbocycles. The summed E-state index contributed by atoms with van der Waals surface area (Å²) in [6, 6.07) is -0.269. The second kappa shape index (κ2) is 12.0. The number of esters is 2. The molecule has 2 aliphatic rings. The fraction of sp³-hybridized carbons (Fsp3) is 0.708. The van der Waals surface area contributed by atoms with Gasteiger partial charge in [-0.3, -0.25) is 10.2 Å². The molecule has 1 aromatic heterocycles. The average molecular weight is 496 g/mol. The molecule has 0 aliphatic carbocycles. The molecule has 1 N–H and O–H groups in total. The number of amides is 2. The summed E-state index contributed by atoms with van der Waals surface area (Å²) in [5.74, 6) is -0.533. The highest BCUT2D eigenvalue weighted by atomic mass is 32.1. The first-order valence-corrected chi connectivity index (χ1v) is 13.0. The number of nitrogens with one attached hydrogen (secondary N) is 1. The molecule has 0 bridgehead atoms. The summed E-state index contributed by atoms with van der Waals surface area (Å²) in [5, 5.41) is 3.18. The number of carbonyl (C=O) groups excluding carboxylic acids is 3. The van der Waals surface area contributed by atoms with Gasteiger partial charge in [0.2, 0.25) is 0 Å². The number of hydrogen-bond donors (Lipinski definition) is 1. The van der Waals surface area contributed by atoms with Gasteiger partial charge in [0.25, 0.3) is 0 Å². The minimum absolute atomic E-state index is 0.199.